The highest BCUT2D eigenvalue weighted by molar-refractivity contribution is 5.66. The van der Waals surface area contributed by atoms with Crippen LogP contribution >= 0.6 is 0 Å². The minimum atomic E-state index is -0.999. The van der Waals surface area contributed by atoms with E-state index in [1.54, 1.807) is 6.92 Å². The van der Waals surface area contributed by atoms with Gasteiger partial charge in [0.15, 0.2) is 0 Å². The van der Waals surface area contributed by atoms with Crippen LogP contribution < -0.4 is 5.11 Å². The maximum atomic E-state index is 10.8. The first-order valence-electron chi connectivity index (χ1n) is 13.2. The van der Waals surface area contributed by atoms with Gasteiger partial charge in [-0.25, -0.2) is 0 Å². The van der Waals surface area contributed by atoms with Crippen LogP contribution in [-0.2, 0) is 4.79 Å². The lowest BCUT2D eigenvalue weighted by molar-refractivity contribution is -0.311. The van der Waals surface area contributed by atoms with Crippen molar-refractivity contribution < 1.29 is 20.1 Å². The summed E-state index contributed by atoms with van der Waals surface area (Å²) in [5.74, 6) is 0.869. The van der Waals surface area contributed by atoms with E-state index in [9.17, 15) is 20.1 Å². The van der Waals surface area contributed by atoms with Crippen molar-refractivity contribution in [3.8, 4) is 0 Å². The Morgan fingerprint density at radius 1 is 1.03 bits per heavy atom. The molecule has 0 aliphatic heterocycles. The molecule has 32 heavy (non-hydrogen) atoms. The van der Waals surface area contributed by atoms with Crippen LogP contribution in [0.3, 0.4) is 0 Å². The average molecular weight is 452 g/mol. The maximum absolute atomic E-state index is 10.8. The number of aliphatic hydroxyl groups is 2. The zero-order valence-corrected chi connectivity index (χ0v) is 21.7. The van der Waals surface area contributed by atoms with Crippen molar-refractivity contribution in [1.82, 2.24) is 0 Å². The number of hydrogen-bond acceptors (Lipinski definition) is 4. The number of carboxylic acid groups (broad SMARTS) is 1. The lowest BCUT2D eigenvalue weighted by atomic mass is 9.78. The van der Waals surface area contributed by atoms with Gasteiger partial charge in [0.05, 0.1) is 11.7 Å². The predicted octanol–water partition coefficient (Wildman–Crippen LogP) is 5.65. The SMILES string of the molecule is CC(CCCC(C)CCC1=CCC(C)C(C)C1O)CCCC(C)(O)CCCC(C)C(=O)[O-]. The molecule has 0 saturated heterocycles. The molecular formula is C28H51O4-. The summed E-state index contributed by atoms with van der Waals surface area (Å²) in [5.41, 5.74) is 0.560. The van der Waals surface area contributed by atoms with Crippen LogP contribution in [0.25, 0.3) is 0 Å². The third kappa shape index (κ3) is 11.3. The Hall–Kier alpha value is -0.870. The Kier molecular flexibility index (Phi) is 13.1. The first kappa shape index (κ1) is 29.2. The summed E-state index contributed by atoms with van der Waals surface area (Å²) in [5, 5.41) is 31.8. The van der Waals surface area contributed by atoms with E-state index in [1.165, 1.54) is 24.8 Å². The summed E-state index contributed by atoms with van der Waals surface area (Å²) in [6.45, 7) is 12.6. The number of hydrogen-bond donors (Lipinski definition) is 2. The largest absolute Gasteiger partial charge is 0.550 e. The second-order valence-electron chi connectivity index (χ2n) is 11.5. The quantitative estimate of drug-likeness (QED) is 0.297. The summed E-state index contributed by atoms with van der Waals surface area (Å²) < 4.78 is 0. The fourth-order valence-corrected chi connectivity index (χ4v) is 4.95. The van der Waals surface area contributed by atoms with Crippen LogP contribution in [-0.4, -0.2) is 27.9 Å². The summed E-state index contributed by atoms with van der Waals surface area (Å²) >= 11 is 0. The van der Waals surface area contributed by atoms with Crippen molar-refractivity contribution in [2.45, 2.75) is 130 Å². The molecule has 0 bridgehead atoms. The standard InChI is InChI=1S/C28H52O4/c1-20(12-8-18-28(6,32)19-9-13-23(4)27(30)31)10-7-11-21(2)14-16-25-17-15-22(3)24(5)26(25)29/h17,20-24,26,29,32H,7-16,18-19H2,1-6H3,(H,30,31)/p-1. The van der Waals surface area contributed by atoms with Crippen molar-refractivity contribution in [3.05, 3.63) is 11.6 Å². The van der Waals surface area contributed by atoms with Gasteiger partial charge < -0.3 is 20.1 Å². The van der Waals surface area contributed by atoms with Crippen LogP contribution in [0.5, 0.6) is 0 Å². The maximum Gasteiger partial charge on any atom is 0.0778 e. The molecule has 1 rings (SSSR count). The average Bonchev–Trinajstić information content (AvgIpc) is 2.71. The first-order valence-corrected chi connectivity index (χ1v) is 13.2. The Labute approximate surface area is 197 Å². The molecular weight excluding hydrogens is 400 g/mol. The molecule has 7 unspecified atom stereocenters. The zero-order valence-electron chi connectivity index (χ0n) is 21.7. The summed E-state index contributed by atoms with van der Waals surface area (Å²) in [7, 11) is 0. The molecule has 0 radical (unpaired) electrons. The molecule has 7 atom stereocenters. The number of aliphatic hydroxyl groups excluding tert-OH is 1. The van der Waals surface area contributed by atoms with Gasteiger partial charge in [0, 0.05) is 5.97 Å². The monoisotopic (exact) mass is 451 g/mol. The summed E-state index contributed by atoms with van der Waals surface area (Å²) in [6, 6.07) is 0. The van der Waals surface area contributed by atoms with Crippen LogP contribution in [0.15, 0.2) is 11.6 Å². The van der Waals surface area contributed by atoms with Gasteiger partial charge in [-0.05, 0) is 87.0 Å². The highest BCUT2D eigenvalue weighted by Crippen LogP contribution is 2.33. The lowest BCUT2D eigenvalue weighted by Crippen LogP contribution is -2.30. The Morgan fingerprint density at radius 3 is 2.16 bits per heavy atom. The molecule has 0 heterocycles. The molecule has 0 aromatic heterocycles. The van der Waals surface area contributed by atoms with E-state index < -0.39 is 17.5 Å². The van der Waals surface area contributed by atoms with E-state index in [4.69, 9.17) is 0 Å². The first-order chi connectivity index (χ1) is 14.9. The molecule has 0 saturated carbocycles. The topological polar surface area (TPSA) is 80.6 Å². The van der Waals surface area contributed by atoms with Crippen molar-refractivity contribution >= 4 is 5.97 Å². The minimum absolute atomic E-state index is 0.249. The van der Waals surface area contributed by atoms with Gasteiger partial charge in [-0.2, -0.15) is 0 Å². The lowest BCUT2D eigenvalue weighted by Gasteiger charge is -2.31. The molecule has 0 amide bonds. The Bertz CT molecular complexity index is 568. The van der Waals surface area contributed by atoms with Crippen LogP contribution in [0.2, 0.25) is 0 Å². The number of allylic oxidation sites excluding steroid dienone is 1. The molecule has 0 aromatic carbocycles. The fourth-order valence-electron chi connectivity index (χ4n) is 4.95. The number of rotatable bonds is 16. The van der Waals surface area contributed by atoms with Gasteiger partial charge in [-0.1, -0.05) is 72.8 Å². The number of carboxylic acids is 1. The molecule has 2 N–H and O–H groups in total. The molecule has 1 aliphatic carbocycles. The van der Waals surface area contributed by atoms with Gasteiger partial charge in [0.25, 0.3) is 0 Å². The van der Waals surface area contributed by atoms with Crippen LogP contribution in [0.4, 0.5) is 0 Å². The second kappa shape index (κ2) is 14.4. The van der Waals surface area contributed by atoms with Crippen LogP contribution in [0.1, 0.15) is 119 Å². The smallest absolute Gasteiger partial charge is 0.0778 e. The van der Waals surface area contributed by atoms with Crippen molar-refractivity contribution in [2.24, 2.45) is 29.6 Å². The van der Waals surface area contributed by atoms with Gasteiger partial charge in [-0.15, -0.1) is 0 Å². The van der Waals surface area contributed by atoms with E-state index in [1.807, 2.05) is 6.92 Å². The van der Waals surface area contributed by atoms with E-state index >= 15 is 0 Å². The molecule has 0 spiro atoms. The number of aliphatic carboxylic acids is 1. The highest BCUT2D eigenvalue weighted by atomic mass is 16.4. The van der Waals surface area contributed by atoms with Gasteiger partial charge >= 0.3 is 0 Å². The second-order valence-corrected chi connectivity index (χ2v) is 11.5. The minimum Gasteiger partial charge on any atom is -0.550 e. The van der Waals surface area contributed by atoms with Crippen molar-refractivity contribution in [1.29, 1.82) is 0 Å². The molecule has 1 aliphatic rings. The third-order valence-corrected chi connectivity index (χ3v) is 8.01. The summed E-state index contributed by atoms with van der Waals surface area (Å²) in [6.07, 6.45) is 13.9. The van der Waals surface area contributed by atoms with Crippen molar-refractivity contribution in [2.75, 3.05) is 0 Å². The van der Waals surface area contributed by atoms with Gasteiger partial charge in [0.2, 0.25) is 0 Å². The van der Waals surface area contributed by atoms with Crippen LogP contribution in [0, 0.1) is 29.6 Å². The normalized spacial score (nSPS) is 26.1. The van der Waals surface area contributed by atoms with Gasteiger partial charge in [-0.3, -0.25) is 0 Å². The van der Waals surface area contributed by atoms with E-state index in [0.717, 1.165) is 44.9 Å². The predicted molar refractivity (Wildman–Crippen MR) is 131 cm³/mol. The molecule has 0 fully saturated rings. The van der Waals surface area contributed by atoms with E-state index in [0.29, 0.717) is 36.5 Å². The van der Waals surface area contributed by atoms with Crippen molar-refractivity contribution in [3.63, 3.8) is 0 Å². The van der Waals surface area contributed by atoms with E-state index in [2.05, 4.69) is 33.8 Å². The van der Waals surface area contributed by atoms with E-state index in [-0.39, 0.29) is 6.10 Å². The molecule has 4 nitrogen and oxygen atoms in total. The number of carbonyl (C=O) groups is 1. The molecule has 0 aromatic rings. The molecule has 4 heteroatoms. The Balaban J connectivity index is 2.15. The fraction of sp³-hybridized carbons (Fsp3) is 0.893. The third-order valence-electron chi connectivity index (χ3n) is 8.01. The highest BCUT2D eigenvalue weighted by Gasteiger charge is 2.27. The summed E-state index contributed by atoms with van der Waals surface area (Å²) in [4.78, 5) is 10.8. The van der Waals surface area contributed by atoms with Gasteiger partial charge in [0.1, 0.15) is 0 Å². The zero-order chi connectivity index (χ0) is 24.3. The molecule has 188 valence electrons. The number of carbonyl (C=O) groups excluding carboxylic acids is 1. The Morgan fingerprint density at radius 2 is 1.56 bits per heavy atom.